The van der Waals surface area contributed by atoms with Gasteiger partial charge < -0.3 is 5.11 Å². The van der Waals surface area contributed by atoms with Crippen LogP contribution in [0.1, 0.15) is 49.1 Å². The summed E-state index contributed by atoms with van der Waals surface area (Å²) in [5.74, 6) is 0.738. The molecule has 0 amide bonds. The maximum Gasteiger partial charge on any atom is 0.0692 e. The molecule has 1 aromatic rings. The average molecular weight is 196 g/mol. The van der Waals surface area contributed by atoms with Gasteiger partial charge in [0.15, 0.2) is 0 Å². The minimum Gasteiger partial charge on any atom is -0.392 e. The van der Waals surface area contributed by atoms with E-state index < -0.39 is 0 Å². The van der Waals surface area contributed by atoms with Crippen LogP contribution in [0.5, 0.6) is 0 Å². The maximum atomic E-state index is 9.14. The van der Waals surface area contributed by atoms with E-state index in [4.69, 9.17) is 5.11 Å². The van der Waals surface area contributed by atoms with Gasteiger partial charge in [0.2, 0.25) is 0 Å². The second kappa shape index (κ2) is 4.25. The summed E-state index contributed by atoms with van der Waals surface area (Å²) >= 11 is 1.72. The van der Waals surface area contributed by atoms with Crippen LogP contribution >= 0.6 is 11.3 Å². The third-order valence-corrected chi connectivity index (χ3v) is 3.80. The largest absolute Gasteiger partial charge is 0.392 e. The Morgan fingerprint density at radius 3 is 2.69 bits per heavy atom. The van der Waals surface area contributed by atoms with Crippen molar-refractivity contribution in [1.82, 2.24) is 0 Å². The molecule has 0 unspecified atom stereocenters. The fourth-order valence-electron chi connectivity index (χ4n) is 2.23. The Balaban J connectivity index is 2.13. The van der Waals surface area contributed by atoms with Crippen molar-refractivity contribution < 1.29 is 5.11 Å². The van der Waals surface area contributed by atoms with Gasteiger partial charge in [0.1, 0.15) is 0 Å². The molecule has 0 radical (unpaired) electrons. The minimum absolute atomic E-state index is 0.218. The van der Waals surface area contributed by atoms with Crippen LogP contribution in [0.25, 0.3) is 0 Å². The van der Waals surface area contributed by atoms with E-state index in [-0.39, 0.29) is 6.61 Å². The molecule has 0 saturated heterocycles. The lowest BCUT2D eigenvalue weighted by molar-refractivity contribution is 0.279. The zero-order chi connectivity index (χ0) is 9.10. The van der Waals surface area contributed by atoms with Crippen LogP contribution in [-0.2, 0) is 6.61 Å². The second-order valence-electron chi connectivity index (χ2n) is 3.85. The van der Waals surface area contributed by atoms with E-state index in [9.17, 15) is 0 Å². The van der Waals surface area contributed by atoms with Crippen LogP contribution < -0.4 is 0 Å². The Kier molecular flexibility index (Phi) is 3.01. The van der Waals surface area contributed by atoms with Crippen LogP contribution in [0.4, 0.5) is 0 Å². The molecule has 1 saturated carbocycles. The molecular formula is C11H16OS. The number of aliphatic hydroxyl groups excluding tert-OH is 1. The Labute approximate surface area is 83.4 Å². The molecule has 1 aliphatic carbocycles. The molecule has 0 bridgehead atoms. The van der Waals surface area contributed by atoms with Gasteiger partial charge in [0.05, 0.1) is 6.61 Å². The standard InChI is InChI=1S/C11H16OS/c12-6-10-7-13-8-11(10)9-4-2-1-3-5-9/h7-9,12H,1-6H2. The van der Waals surface area contributed by atoms with E-state index in [0.717, 1.165) is 11.5 Å². The summed E-state index contributed by atoms with van der Waals surface area (Å²) in [5, 5.41) is 13.5. The fraction of sp³-hybridized carbons (Fsp3) is 0.636. The van der Waals surface area contributed by atoms with E-state index >= 15 is 0 Å². The van der Waals surface area contributed by atoms with E-state index in [1.54, 1.807) is 11.3 Å². The van der Waals surface area contributed by atoms with E-state index in [2.05, 4.69) is 10.8 Å². The van der Waals surface area contributed by atoms with Crippen LogP contribution in [0.15, 0.2) is 10.8 Å². The molecule has 72 valence electrons. The number of thiophene rings is 1. The summed E-state index contributed by atoms with van der Waals surface area (Å²) in [4.78, 5) is 0. The van der Waals surface area contributed by atoms with Gasteiger partial charge in [-0.25, -0.2) is 0 Å². The lowest BCUT2D eigenvalue weighted by Crippen LogP contribution is -2.05. The molecule has 1 N–H and O–H groups in total. The first-order valence-corrected chi connectivity index (χ1v) is 6.02. The van der Waals surface area contributed by atoms with Crippen molar-refractivity contribution in [1.29, 1.82) is 0 Å². The van der Waals surface area contributed by atoms with Gasteiger partial charge in [-0.15, -0.1) is 0 Å². The first-order chi connectivity index (χ1) is 6.42. The summed E-state index contributed by atoms with van der Waals surface area (Å²) in [6.45, 7) is 0.218. The fourth-order valence-corrected chi connectivity index (χ4v) is 3.17. The van der Waals surface area contributed by atoms with Crippen LogP contribution in [0.2, 0.25) is 0 Å². The van der Waals surface area contributed by atoms with Crippen molar-refractivity contribution in [3.63, 3.8) is 0 Å². The van der Waals surface area contributed by atoms with Gasteiger partial charge in [0, 0.05) is 0 Å². The highest BCUT2D eigenvalue weighted by molar-refractivity contribution is 7.08. The summed E-state index contributed by atoms with van der Waals surface area (Å²) < 4.78 is 0. The molecule has 1 heterocycles. The molecule has 1 aliphatic rings. The molecule has 0 aliphatic heterocycles. The van der Waals surface area contributed by atoms with Crippen LogP contribution in [-0.4, -0.2) is 5.11 Å². The molecule has 0 spiro atoms. The van der Waals surface area contributed by atoms with Gasteiger partial charge >= 0.3 is 0 Å². The normalized spacial score (nSPS) is 19.2. The molecule has 0 aromatic carbocycles. The summed E-state index contributed by atoms with van der Waals surface area (Å²) in [6, 6.07) is 0. The summed E-state index contributed by atoms with van der Waals surface area (Å²) in [6.07, 6.45) is 6.78. The Morgan fingerprint density at radius 1 is 1.23 bits per heavy atom. The molecule has 1 aromatic heterocycles. The van der Waals surface area contributed by atoms with Crippen LogP contribution in [0, 0.1) is 0 Å². The zero-order valence-electron chi connectivity index (χ0n) is 7.83. The Morgan fingerprint density at radius 2 is 2.00 bits per heavy atom. The van der Waals surface area contributed by atoms with E-state index in [1.807, 2.05) is 0 Å². The maximum absolute atomic E-state index is 9.14. The molecule has 13 heavy (non-hydrogen) atoms. The number of hydrogen-bond acceptors (Lipinski definition) is 2. The number of rotatable bonds is 2. The monoisotopic (exact) mass is 196 g/mol. The number of aliphatic hydroxyl groups is 1. The SMILES string of the molecule is OCc1cscc1C1CCCCC1. The highest BCUT2D eigenvalue weighted by atomic mass is 32.1. The predicted molar refractivity (Wildman–Crippen MR) is 56.1 cm³/mol. The minimum atomic E-state index is 0.218. The van der Waals surface area contributed by atoms with Gasteiger partial charge in [-0.3, -0.25) is 0 Å². The lowest BCUT2D eigenvalue weighted by Gasteiger charge is -2.21. The van der Waals surface area contributed by atoms with Crippen molar-refractivity contribution in [2.45, 2.75) is 44.6 Å². The molecule has 1 nitrogen and oxygen atoms in total. The molecule has 1 fully saturated rings. The van der Waals surface area contributed by atoms with Gasteiger partial charge in [-0.2, -0.15) is 11.3 Å². The smallest absolute Gasteiger partial charge is 0.0692 e. The average Bonchev–Trinajstić information content (AvgIpc) is 2.67. The highest BCUT2D eigenvalue weighted by Crippen LogP contribution is 2.35. The quantitative estimate of drug-likeness (QED) is 0.769. The van der Waals surface area contributed by atoms with Gasteiger partial charge in [-0.05, 0) is 40.6 Å². The first-order valence-electron chi connectivity index (χ1n) is 5.07. The molecule has 2 rings (SSSR count). The predicted octanol–water partition coefficient (Wildman–Crippen LogP) is 3.29. The summed E-state index contributed by atoms with van der Waals surface area (Å²) in [5.41, 5.74) is 2.59. The Hall–Kier alpha value is -0.340. The van der Waals surface area contributed by atoms with Gasteiger partial charge in [0.25, 0.3) is 0 Å². The lowest BCUT2D eigenvalue weighted by atomic mass is 9.84. The first kappa shape index (κ1) is 9.22. The number of hydrogen-bond donors (Lipinski definition) is 1. The molecular weight excluding hydrogens is 180 g/mol. The van der Waals surface area contributed by atoms with Crippen molar-refractivity contribution in [3.05, 3.63) is 21.9 Å². The van der Waals surface area contributed by atoms with Crippen molar-refractivity contribution >= 4 is 11.3 Å². The highest BCUT2D eigenvalue weighted by Gasteiger charge is 2.18. The topological polar surface area (TPSA) is 20.2 Å². The molecule has 2 heteroatoms. The van der Waals surface area contributed by atoms with Crippen LogP contribution in [0.3, 0.4) is 0 Å². The third kappa shape index (κ3) is 1.94. The van der Waals surface area contributed by atoms with Crippen molar-refractivity contribution in [3.8, 4) is 0 Å². The van der Waals surface area contributed by atoms with Crippen molar-refractivity contribution in [2.24, 2.45) is 0 Å². The van der Waals surface area contributed by atoms with Gasteiger partial charge in [-0.1, -0.05) is 19.3 Å². The van der Waals surface area contributed by atoms with E-state index in [0.29, 0.717) is 0 Å². The van der Waals surface area contributed by atoms with E-state index in [1.165, 1.54) is 37.7 Å². The van der Waals surface area contributed by atoms with Crippen molar-refractivity contribution in [2.75, 3.05) is 0 Å². The Bertz CT molecular complexity index is 261. The second-order valence-corrected chi connectivity index (χ2v) is 4.59. The third-order valence-electron chi connectivity index (χ3n) is 2.99. The summed E-state index contributed by atoms with van der Waals surface area (Å²) in [7, 11) is 0. The zero-order valence-corrected chi connectivity index (χ0v) is 8.65. The molecule has 0 atom stereocenters.